The van der Waals surface area contributed by atoms with Crippen LogP contribution in [0.4, 0.5) is 0 Å². The Morgan fingerprint density at radius 2 is 1.76 bits per heavy atom. The molecule has 0 aromatic heterocycles. The predicted molar refractivity (Wildman–Crippen MR) is 150 cm³/mol. The number of aliphatic hydroxyl groups excluding tert-OH is 2. The average Bonchev–Trinajstić information content (AvgIpc) is 3.22. The Morgan fingerprint density at radius 1 is 1.05 bits per heavy atom. The molecule has 11 atom stereocenters. The molecule has 1 aromatic carbocycles. The van der Waals surface area contributed by atoms with Crippen LogP contribution in [0.15, 0.2) is 24.3 Å². The first kappa shape index (κ1) is 27.7. The van der Waals surface area contributed by atoms with E-state index in [1.807, 2.05) is 6.08 Å². The number of rotatable bonds is 6. The van der Waals surface area contributed by atoms with Crippen molar-refractivity contribution in [2.75, 3.05) is 0 Å². The van der Waals surface area contributed by atoms with Gasteiger partial charge < -0.3 is 20.4 Å². The van der Waals surface area contributed by atoms with E-state index < -0.39 is 5.97 Å². The van der Waals surface area contributed by atoms with E-state index in [-0.39, 0.29) is 34.4 Å². The quantitative estimate of drug-likeness (QED) is 0.330. The lowest BCUT2D eigenvalue weighted by molar-refractivity contribution is -0.203. The molecule has 4 saturated carbocycles. The van der Waals surface area contributed by atoms with Gasteiger partial charge in [0.1, 0.15) is 11.3 Å². The Labute approximate surface area is 228 Å². The van der Waals surface area contributed by atoms with Crippen molar-refractivity contribution in [1.29, 1.82) is 0 Å². The number of hydrogen-bond donors (Lipinski definition) is 4. The molecule has 4 aliphatic carbocycles. The highest BCUT2D eigenvalue weighted by Gasteiger charge is 2.64. The van der Waals surface area contributed by atoms with Gasteiger partial charge >= 0.3 is 5.97 Å². The SMILES string of the molecule is CC[C@H]1[C@@H](O)C2C3CCC([C@H](C)C/C=C/c4ccc(C(=O)O)c(O)c4)C3(C)CCC2[C@@]2(C)CC[C@@H](O)C[C@@H]12. The maximum absolute atomic E-state index is 11.9. The van der Waals surface area contributed by atoms with E-state index >= 15 is 0 Å². The summed E-state index contributed by atoms with van der Waals surface area (Å²) in [5.74, 6) is 2.04. The molecule has 1 aromatic rings. The largest absolute Gasteiger partial charge is 0.507 e. The summed E-state index contributed by atoms with van der Waals surface area (Å²) in [6.45, 7) is 9.62. The molecule has 5 heteroatoms. The number of carboxylic acid groups (broad SMARTS) is 1. The van der Waals surface area contributed by atoms with Gasteiger partial charge in [0, 0.05) is 0 Å². The molecule has 0 heterocycles. The van der Waals surface area contributed by atoms with E-state index in [1.54, 1.807) is 6.07 Å². The minimum absolute atomic E-state index is 0.0733. The number of benzene rings is 1. The Bertz CT molecular complexity index is 1070. The second kappa shape index (κ2) is 10.3. The summed E-state index contributed by atoms with van der Waals surface area (Å²) in [5, 5.41) is 41.6. The van der Waals surface area contributed by atoms with E-state index in [0.717, 1.165) is 37.7 Å². The molecular weight excluding hydrogens is 476 g/mol. The third-order valence-corrected chi connectivity index (χ3v) is 12.2. The van der Waals surface area contributed by atoms with Crippen LogP contribution in [0, 0.1) is 52.3 Å². The van der Waals surface area contributed by atoms with Crippen molar-refractivity contribution in [2.24, 2.45) is 52.3 Å². The zero-order valence-electron chi connectivity index (χ0n) is 23.6. The first-order chi connectivity index (χ1) is 18.0. The van der Waals surface area contributed by atoms with Gasteiger partial charge in [0.25, 0.3) is 0 Å². The maximum Gasteiger partial charge on any atom is 0.339 e. The van der Waals surface area contributed by atoms with Gasteiger partial charge in [0.2, 0.25) is 0 Å². The minimum Gasteiger partial charge on any atom is -0.507 e. The number of aromatic carboxylic acids is 1. The van der Waals surface area contributed by atoms with Gasteiger partial charge in [0.05, 0.1) is 12.2 Å². The fraction of sp³-hybridized carbons (Fsp3) is 0.727. The molecule has 0 aliphatic heterocycles. The fourth-order valence-electron chi connectivity index (χ4n) is 10.3. The molecule has 4 N–H and O–H groups in total. The summed E-state index contributed by atoms with van der Waals surface area (Å²) in [7, 11) is 0. The lowest BCUT2D eigenvalue weighted by atomic mass is 9.41. The van der Waals surface area contributed by atoms with E-state index in [1.165, 1.54) is 37.8 Å². The monoisotopic (exact) mass is 524 g/mol. The number of carboxylic acids is 1. The minimum atomic E-state index is -1.12. The van der Waals surface area contributed by atoms with Crippen molar-refractivity contribution in [1.82, 2.24) is 0 Å². The maximum atomic E-state index is 11.9. The van der Waals surface area contributed by atoms with Gasteiger partial charge in [-0.15, -0.1) is 0 Å². The van der Waals surface area contributed by atoms with Crippen LogP contribution in [-0.2, 0) is 0 Å². The van der Waals surface area contributed by atoms with Crippen molar-refractivity contribution in [3.05, 3.63) is 35.4 Å². The molecular formula is C33H48O5. The van der Waals surface area contributed by atoms with E-state index in [9.17, 15) is 20.1 Å². The third-order valence-electron chi connectivity index (χ3n) is 12.2. The summed E-state index contributed by atoms with van der Waals surface area (Å²) in [4.78, 5) is 11.2. The number of allylic oxidation sites excluding steroid dienone is 1. The number of fused-ring (bicyclic) bond motifs is 5. The molecule has 5 rings (SSSR count). The smallest absolute Gasteiger partial charge is 0.339 e. The number of phenols is 1. The zero-order valence-corrected chi connectivity index (χ0v) is 23.6. The van der Waals surface area contributed by atoms with E-state index in [2.05, 4.69) is 33.8 Å². The molecule has 5 unspecified atom stereocenters. The lowest BCUT2D eigenvalue weighted by Crippen LogP contribution is -2.62. The summed E-state index contributed by atoms with van der Waals surface area (Å²) >= 11 is 0. The molecule has 0 saturated heterocycles. The number of aromatic hydroxyl groups is 1. The normalized spacial score (nSPS) is 43.3. The van der Waals surface area contributed by atoms with Crippen LogP contribution < -0.4 is 0 Å². The molecule has 0 bridgehead atoms. The van der Waals surface area contributed by atoms with Gasteiger partial charge in [-0.05, 0) is 121 Å². The van der Waals surface area contributed by atoms with Gasteiger partial charge in [0.15, 0.2) is 0 Å². The Balaban J connectivity index is 1.32. The number of hydrogen-bond acceptors (Lipinski definition) is 4. The highest BCUT2D eigenvalue weighted by molar-refractivity contribution is 5.91. The first-order valence-electron chi connectivity index (χ1n) is 15.1. The lowest BCUT2D eigenvalue weighted by Gasteiger charge is -2.64. The average molecular weight is 525 g/mol. The zero-order chi connectivity index (χ0) is 27.4. The molecule has 4 aliphatic rings. The van der Waals surface area contributed by atoms with Crippen molar-refractivity contribution in [3.8, 4) is 5.75 Å². The molecule has 38 heavy (non-hydrogen) atoms. The van der Waals surface area contributed by atoms with Gasteiger partial charge in [-0.2, -0.15) is 0 Å². The molecule has 0 radical (unpaired) electrons. The van der Waals surface area contributed by atoms with Crippen LogP contribution in [0.25, 0.3) is 6.08 Å². The Hall–Kier alpha value is -1.85. The summed E-state index contributed by atoms with van der Waals surface area (Å²) in [6.07, 6.45) is 13.4. The second-order valence-corrected chi connectivity index (χ2v) is 13.8. The molecule has 4 fully saturated rings. The molecule has 0 spiro atoms. The highest BCUT2D eigenvalue weighted by atomic mass is 16.4. The van der Waals surface area contributed by atoms with Crippen LogP contribution in [0.5, 0.6) is 5.75 Å². The number of carbonyl (C=O) groups is 1. The topological polar surface area (TPSA) is 98.0 Å². The van der Waals surface area contributed by atoms with E-state index in [4.69, 9.17) is 5.11 Å². The number of aliphatic hydroxyl groups is 2. The van der Waals surface area contributed by atoms with Crippen molar-refractivity contribution >= 4 is 12.0 Å². The van der Waals surface area contributed by atoms with Crippen LogP contribution in [0.3, 0.4) is 0 Å². The van der Waals surface area contributed by atoms with Gasteiger partial charge in [-0.25, -0.2) is 4.79 Å². The molecule has 0 amide bonds. The standard InChI is InChI=1S/C33H48O5/c1-5-22-27-18-21(34)13-15-33(27,4)26-14-16-32(3)24(11-12-25(32)29(26)30(22)36)19(2)7-6-8-20-9-10-23(31(37)38)28(35)17-20/h6,8-10,17,19,21-22,24-27,29-30,34-36H,5,7,11-16,18H2,1-4H3,(H,37,38)/b8-6+/t19-,21-,22-,24?,25?,26?,27+,29?,30-,32?,33-/m1/s1. The van der Waals surface area contributed by atoms with Crippen LogP contribution in [0.1, 0.15) is 101 Å². The fourth-order valence-corrected chi connectivity index (χ4v) is 10.3. The highest BCUT2D eigenvalue weighted by Crippen LogP contribution is 2.69. The van der Waals surface area contributed by atoms with Crippen LogP contribution in [0.2, 0.25) is 0 Å². The Kier molecular flexibility index (Phi) is 7.49. The van der Waals surface area contributed by atoms with Crippen molar-refractivity contribution in [2.45, 2.75) is 97.7 Å². The Morgan fingerprint density at radius 3 is 2.45 bits per heavy atom. The van der Waals surface area contributed by atoms with Crippen molar-refractivity contribution in [3.63, 3.8) is 0 Å². The second-order valence-electron chi connectivity index (χ2n) is 13.8. The van der Waals surface area contributed by atoms with E-state index in [0.29, 0.717) is 41.4 Å². The molecule has 5 nitrogen and oxygen atoms in total. The van der Waals surface area contributed by atoms with Gasteiger partial charge in [-0.3, -0.25) is 0 Å². The van der Waals surface area contributed by atoms with Crippen molar-refractivity contribution < 1.29 is 25.2 Å². The van der Waals surface area contributed by atoms with Gasteiger partial charge in [-0.1, -0.05) is 52.3 Å². The third kappa shape index (κ3) is 4.42. The molecule has 210 valence electrons. The predicted octanol–water partition coefficient (Wildman–Crippen LogP) is 6.76. The first-order valence-corrected chi connectivity index (χ1v) is 15.1. The summed E-state index contributed by atoms with van der Waals surface area (Å²) in [5.41, 5.74) is 1.22. The summed E-state index contributed by atoms with van der Waals surface area (Å²) < 4.78 is 0. The van der Waals surface area contributed by atoms with Crippen LogP contribution >= 0.6 is 0 Å². The van der Waals surface area contributed by atoms with Crippen LogP contribution in [-0.4, -0.2) is 38.6 Å². The summed E-state index contributed by atoms with van der Waals surface area (Å²) in [6, 6.07) is 4.72.